The smallest absolute Gasteiger partial charge is 0.323 e. The minimum absolute atomic E-state index is 0.0683. The number of nitrogens with zero attached hydrogens (tertiary/aromatic N) is 2. The maximum Gasteiger partial charge on any atom is 0.323 e. The van der Waals surface area contributed by atoms with E-state index >= 15 is 0 Å². The summed E-state index contributed by atoms with van der Waals surface area (Å²) in [4.78, 5) is 24.7. The van der Waals surface area contributed by atoms with E-state index < -0.39 is 5.97 Å². The fourth-order valence-electron chi connectivity index (χ4n) is 2.27. The summed E-state index contributed by atoms with van der Waals surface area (Å²) in [7, 11) is 0. The van der Waals surface area contributed by atoms with Gasteiger partial charge in [-0.3, -0.25) is 9.59 Å². The Balaban J connectivity index is 2.19. The summed E-state index contributed by atoms with van der Waals surface area (Å²) < 4.78 is 1.48. The van der Waals surface area contributed by atoms with E-state index in [2.05, 4.69) is 0 Å². The Bertz CT molecular complexity index is 439. The molecule has 17 heavy (non-hydrogen) atoms. The maximum atomic E-state index is 12.2. The van der Waals surface area contributed by atoms with Crippen molar-refractivity contribution in [3.8, 4) is 0 Å². The normalized spacial score (nSPS) is 19.6. The SMILES string of the molecule is CC1CCCN1C(=O)c1cccn1CC(=O)O. The van der Waals surface area contributed by atoms with Gasteiger partial charge in [-0.2, -0.15) is 0 Å². The van der Waals surface area contributed by atoms with Crippen LogP contribution in [0, 0.1) is 0 Å². The van der Waals surface area contributed by atoms with Gasteiger partial charge in [0.1, 0.15) is 12.2 Å². The number of hydrogen-bond acceptors (Lipinski definition) is 2. The van der Waals surface area contributed by atoms with Crippen molar-refractivity contribution in [2.45, 2.75) is 32.4 Å². The number of carbonyl (C=O) groups is 2. The standard InChI is InChI=1S/C12H16N2O3/c1-9-4-2-7-14(9)12(17)10-5-3-6-13(10)8-11(15)16/h3,5-6,9H,2,4,7-8H2,1H3,(H,15,16). The first-order valence-electron chi connectivity index (χ1n) is 5.77. The lowest BCUT2D eigenvalue weighted by Gasteiger charge is -2.21. The molecule has 1 aromatic heterocycles. The molecule has 92 valence electrons. The van der Waals surface area contributed by atoms with Crippen molar-refractivity contribution in [3.05, 3.63) is 24.0 Å². The largest absolute Gasteiger partial charge is 0.480 e. The van der Waals surface area contributed by atoms with E-state index in [-0.39, 0.29) is 18.5 Å². The minimum atomic E-state index is -0.940. The van der Waals surface area contributed by atoms with Gasteiger partial charge in [-0.15, -0.1) is 0 Å². The molecule has 2 rings (SSSR count). The molecule has 1 N–H and O–H groups in total. The number of carboxylic acids is 1. The van der Waals surface area contributed by atoms with E-state index in [0.717, 1.165) is 19.4 Å². The summed E-state index contributed by atoms with van der Waals surface area (Å²) in [5.74, 6) is -1.01. The van der Waals surface area contributed by atoms with Crippen LogP contribution in [0.3, 0.4) is 0 Å². The monoisotopic (exact) mass is 236 g/mol. The van der Waals surface area contributed by atoms with Crippen molar-refractivity contribution in [2.75, 3.05) is 6.54 Å². The Kier molecular flexibility index (Phi) is 3.17. The second-order valence-electron chi connectivity index (χ2n) is 4.40. The summed E-state index contributed by atoms with van der Waals surface area (Å²) >= 11 is 0. The zero-order valence-electron chi connectivity index (χ0n) is 9.80. The van der Waals surface area contributed by atoms with Gasteiger partial charge < -0.3 is 14.6 Å². The number of likely N-dealkylation sites (tertiary alicyclic amines) is 1. The molecule has 5 heteroatoms. The van der Waals surface area contributed by atoms with Crippen LogP contribution in [0.4, 0.5) is 0 Å². The van der Waals surface area contributed by atoms with Crippen LogP contribution in [0.1, 0.15) is 30.3 Å². The van der Waals surface area contributed by atoms with Crippen molar-refractivity contribution < 1.29 is 14.7 Å². The molecule has 0 aliphatic carbocycles. The Hall–Kier alpha value is -1.78. The maximum absolute atomic E-state index is 12.2. The molecule has 1 aliphatic heterocycles. The zero-order valence-corrected chi connectivity index (χ0v) is 9.80. The quantitative estimate of drug-likeness (QED) is 0.857. The summed E-state index contributed by atoms with van der Waals surface area (Å²) in [6, 6.07) is 3.63. The van der Waals surface area contributed by atoms with E-state index in [1.54, 1.807) is 18.3 Å². The van der Waals surface area contributed by atoms with Crippen molar-refractivity contribution in [3.63, 3.8) is 0 Å². The van der Waals surface area contributed by atoms with Gasteiger partial charge in [-0.1, -0.05) is 0 Å². The minimum Gasteiger partial charge on any atom is -0.480 e. The van der Waals surface area contributed by atoms with Crippen LogP contribution < -0.4 is 0 Å². The van der Waals surface area contributed by atoms with Gasteiger partial charge in [0, 0.05) is 18.8 Å². The Morgan fingerprint density at radius 3 is 2.88 bits per heavy atom. The highest BCUT2D eigenvalue weighted by atomic mass is 16.4. The zero-order chi connectivity index (χ0) is 12.4. The highest BCUT2D eigenvalue weighted by Gasteiger charge is 2.27. The fraction of sp³-hybridized carbons (Fsp3) is 0.500. The van der Waals surface area contributed by atoms with Crippen LogP contribution in [-0.2, 0) is 11.3 Å². The molecule has 0 aromatic carbocycles. The van der Waals surface area contributed by atoms with Crippen molar-refractivity contribution in [1.29, 1.82) is 0 Å². The molecule has 0 bridgehead atoms. The highest BCUT2D eigenvalue weighted by Crippen LogP contribution is 2.19. The van der Waals surface area contributed by atoms with Crippen LogP contribution in [0.5, 0.6) is 0 Å². The predicted molar refractivity (Wildman–Crippen MR) is 61.8 cm³/mol. The molecule has 5 nitrogen and oxygen atoms in total. The lowest BCUT2D eigenvalue weighted by Crippen LogP contribution is -2.35. The van der Waals surface area contributed by atoms with Crippen LogP contribution >= 0.6 is 0 Å². The second-order valence-corrected chi connectivity index (χ2v) is 4.40. The van der Waals surface area contributed by atoms with E-state index in [1.807, 2.05) is 11.8 Å². The van der Waals surface area contributed by atoms with Crippen molar-refractivity contribution in [2.24, 2.45) is 0 Å². The molecule has 1 saturated heterocycles. The average Bonchev–Trinajstić information content (AvgIpc) is 2.85. The van der Waals surface area contributed by atoms with Crippen LogP contribution in [0.15, 0.2) is 18.3 Å². The third-order valence-electron chi connectivity index (χ3n) is 3.17. The number of aromatic nitrogens is 1. The van der Waals surface area contributed by atoms with Gasteiger partial charge in [0.2, 0.25) is 0 Å². The molecule has 1 aliphatic rings. The van der Waals surface area contributed by atoms with E-state index in [4.69, 9.17) is 5.11 Å². The fourth-order valence-corrected chi connectivity index (χ4v) is 2.27. The number of hydrogen-bond donors (Lipinski definition) is 1. The Morgan fingerprint density at radius 2 is 2.29 bits per heavy atom. The molecule has 1 unspecified atom stereocenters. The van der Waals surface area contributed by atoms with Gasteiger partial charge in [0.25, 0.3) is 5.91 Å². The number of aliphatic carboxylic acids is 1. The Morgan fingerprint density at radius 1 is 1.53 bits per heavy atom. The first kappa shape index (κ1) is 11.7. The Labute approximate surface area is 99.6 Å². The van der Waals surface area contributed by atoms with Crippen LogP contribution in [0.25, 0.3) is 0 Å². The first-order chi connectivity index (χ1) is 8.09. The second kappa shape index (κ2) is 4.61. The lowest BCUT2D eigenvalue weighted by atomic mass is 10.2. The van der Waals surface area contributed by atoms with Gasteiger partial charge in [-0.05, 0) is 31.9 Å². The van der Waals surface area contributed by atoms with Gasteiger partial charge in [0.05, 0.1) is 0 Å². The molecule has 1 atom stereocenters. The number of amides is 1. The molecule has 2 heterocycles. The number of carbonyl (C=O) groups excluding carboxylic acids is 1. The predicted octanol–water partition coefficient (Wildman–Crippen LogP) is 1.20. The van der Waals surface area contributed by atoms with Gasteiger partial charge in [-0.25, -0.2) is 0 Å². The average molecular weight is 236 g/mol. The molecule has 1 fully saturated rings. The lowest BCUT2D eigenvalue weighted by molar-refractivity contribution is -0.137. The summed E-state index contributed by atoms with van der Waals surface area (Å²) in [5, 5.41) is 8.76. The van der Waals surface area contributed by atoms with E-state index in [9.17, 15) is 9.59 Å². The molecular formula is C12H16N2O3. The molecule has 0 spiro atoms. The highest BCUT2D eigenvalue weighted by molar-refractivity contribution is 5.93. The first-order valence-corrected chi connectivity index (χ1v) is 5.77. The topological polar surface area (TPSA) is 62.5 Å². The third kappa shape index (κ3) is 2.33. The van der Waals surface area contributed by atoms with Crippen LogP contribution in [0.2, 0.25) is 0 Å². The molecular weight excluding hydrogens is 220 g/mol. The van der Waals surface area contributed by atoms with Crippen molar-refractivity contribution in [1.82, 2.24) is 9.47 Å². The summed E-state index contributed by atoms with van der Waals surface area (Å²) in [5.41, 5.74) is 0.459. The molecule has 0 saturated carbocycles. The van der Waals surface area contributed by atoms with E-state index in [1.165, 1.54) is 4.57 Å². The molecule has 1 aromatic rings. The summed E-state index contributed by atoms with van der Waals surface area (Å²) in [6.45, 7) is 2.62. The number of carboxylic acid groups (broad SMARTS) is 1. The molecule has 1 amide bonds. The summed E-state index contributed by atoms with van der Waals surface area (Å²) in [6.07, 6.45) is 3.67. The third-order valence-corrected chi connectivity index (χ3v) is 3.17. The van der Waals surface area contributed by atoms with Gasteiger partial charge >= 0.3 is 5.97 Å². The van der Waals surface area contributed by atoms with E-state index in [0.29, 0.717) is 5.69 Å². The van der Waals surface area contributed by atoms with Crippen LogP contribution in [-0.4, -0.2) is 39.0 Å². The van der Waals surface area contributed by atoms with Crippen molar-refractivity contribution >= 4 is 11.9 Å². The molecule has 0 radical (unpaired) electrons. The number of rotatable bonds is 3. The van der Waals surface area contributed by atoms with Gasteiger partial charge in [0.15, 0.2) is 0 Å².